The summed E-state index contributed by atoms with van der Waals surface area (Å²) in [5.41, 5.74) is 18.6. The van der Waals surface area contributed by atoms with Gasteiger partial charge in [-0.05, 0) is 82.0 Å². The minimum atomic E-state index is -0.128. The Kier molecular flexibility index (Phi) is 4.91. The zero-order valence-corrected chi connectivity index (χ0v) is 27.0. The van der Waals surface area contributed by atoms with Crippen LogP contribution in [-0.4, -0.2) is 11.3 Å². The third-order valence-electron chi connectivity index (χ3n) is 11.5. The van der Waals surface area contributed by atoms with Crippen LogP contribution in [0.1, 0.15) is 55.5 Å². The molecule has 0 bridgehead atoms. The van der Waals surface area contributed by atoms with Crippen molar-refractivity contribution in [1.82, 2.24) is 4.57 Å². The zero-order chi connectivity index (χ0) is 31.1. The Morgan fingerprint density at radius 3 is 1.91 bits per heavy atom. The summed E-state index contributed by atoms with van der Waals surface area (Å²) in [5, 5.41) is 2.65. The number of hydrogen-bond acceptors (Lipinski definition) is 1. The van der Waals surface area contributed by atoms with Gasteiger partial charge in [0.05, 0.1) is 5.52 Å². The van der Waals surface area contributed by atoms with E-state index in [1.54, 1.807) is 0 Å². The van der Waals surface area contributed by atoms with Crippen molar-refractivity contribution >= 4 is 62.0 Å². The van der Waals surface area contributed by atoms with Crippen molar-refractivity contribution in [3.05, 3.63) is 149 Å². The van der Waals surface area contributed by atoms with Gasteiger partial charge in [-0.1, -0.05) is 118 Å². The van der Waals surface area contributed by atoms with Gasteiger partial charge in [0.25, 0.3) is 6.71 Å². The van der Waals surface area contributed by atoms with E-state index in [9.17, 15) is 0 Å². The number of aryl methyl sites for hydroxylation is 1. The molecule has 46 heavy (non-hydrogen) atoms. The fraction of sp³-hybridized carbons (Fsp3) is 0.163. The molecule has 6 aromatic carbocycles. The molecule has 0 fully saturated rings. The molecule has 3 aliphatic rings. The minimum Gasteiger partial charge on any atom is -0.311 e. The molecule has 7 aromatic rings. The number of benzene rings is 6. The molecular weight excluding hydrogens is 555 g/mol. The summed E-state index contributed by atoms with van der Waals surface area (Å²) in [6.45, 7) is 12.0. The van der Waals surface area contributed by atoms with E-state index >= 15 is 0 Å². The van der Waals surface area contributed by atoms with Crippen LogP contribution in [0.2, 0.25) is 0 Å². The summed E-state index contributed by atoms with van der Waals surface area (Å²) in [4.78, 5) is 2.55. The second kappa shape index (κ2) is 8.62. The number of anilines is 3. The second-order valence-electron chi connectivity index (χ2n) is 14.7. The molecule has 0 saturated carbocycles. The number of nitrogens with zero attached hydrogens (tertiary/aromatic N) is 2. The van der Waals surface area contributed by atoms with E-state index in [-0.39, 0.29) is 17.5 Å². The van der Waals surface area contributed by atoms with Crippen LogP contribution in [0, 0.1) is 6.92 Å². The van der Waals surface area contributed by atoms with Gasteiger partial charge in [-0.15, -0.1) is 0 Å². The molecule has 2 nitrogen and oxygen atoms in total. The maximum absolute atomic E-state index is 2.60. The van der Waals surface area contributed by atoms with Crippen LogP contribution in [0.15, 0.2) is 121 Å². The first kappa shape index (κ1) is 26.2. The van der Waals surface area contributed by atoms with Gasteiger partial charge in [0, 0.05) is 49.9 Å². The molecule has 0 amide bonds. The first-order chi connectivity index (χ1) is 22.3. The molecule has 1 aromatic heterocycles. The van der Waals surface area contributed by atoms with Crippen molar-refractivity contribution in [1.29, 1.82) is 0 Å². The summed E-state index contributed by atoms with van der Waals surface area (Å²) < 4.78 is 2.54. The van der Waals surface area contributed by atoms with Crippen LogP contribution in [0.25, 0.3) is 27.5 Å². The fourth-order valence-electron chi connectivity index (χ4n) is 9.26. The summed E-state index contributed by atoms with van der Waals surface area (Å²) in [6.07, 6.45) is 0. The third-order valence-corrected chi connectivity index (χ3v) is 11.5. The van der Waals surface area contributed by atoms with E-state index in [2.05, 4.69) is 165 Å². The maximum atomic E-state index is 2.60. The Hall–Kier alpha value is -5.02. The highest BCUT2D eigenvalue weighted by Gasteiger charge is 2.46. The zero-order valence-electron chi connectivity index (χ0n) is 27.0. The van der Waals surface area contributed by atoms with E-state index in [0.717, 1.165) is 0 Å². The molecule has 0 radical (unpaired) electrons. The maximum Gasteiger partial charge on any atom is 0.252 e. The van der Waals surface area contributed by atoms with E-state index in [0.29, 0.717) is 0 Å². The van der Waals surface area contributed by atoms with Crippen LogP contribution in [0.3, 0.4) is 0 Å². The standard InChI is InChI=1S/C43H35BN2/c1-26-20-22-27(23-21-26)45-37-18-11-19-38-40(37)44(34-16-10-13-29-28-12-6-9-17-36(28)46(38)41(29)34)35-24-32-33(25-39(35)45)43(4,5)31-15-8-7-14-30(31)42(32,2)3/h6-25H,1-5H3. The van der Waals surface area contributed by atoms with E-state index in [4.69, 9.17) is 0 Å². The average Bonchev–Trinajstić information content (AvgIpc) is 3.41. The number of rotatable bonds is 1. The molecular formula is C43H35BN2. The van der Waals surface area contributed by atoms with Crippen molar-refractivity contribution in [2.75, 3.05) is 4.90 Å². The van der Waals surface area contributed by atoms with E-state index in [1.807, 2.05) is 0 Å². The molecule has 10 rings (SSSR count). The smallest absolute Gasteiger partial charge is 0.252 e. The molecule has 0 unspecified atom stereocenters. The topological polar surface area (TPSA) is 8.17 Å². The quantitative estimate of drug-likeness (QED) is 0.174. The monoisotopic (exact) mass is 590 g/mol. The molecule has 0 N–H and O–H groups in total. The van der Waals surface area contributed by atoms with Gasteiger partial charge in [-0.2, -0.15) is 0 Å². The van der Waals surface area contributed by atoms with Crippen molar-refractivity contribution in [3.8, 4) is 5.69 Å². The Bertz CT molecular complexity index is 2440. The highest BCUT2D eigenvalue weighted by molar-refractivity contribution is 7.00. The Balaban J connectivity index is 1.37. The molecule has 3 heterocycles. The normalized spacial score (nSPS) is 16.2. The van der Waals surface area contributed by atoms with Crippen molar-refractivity contribution in [3.63, 3.8) is 0 Å². The van der Waals surface area contributed by atoms with Crippen molar-refractivity contribution < 1.29 is 0 Å². The number of para-hydroxylation sites is 2. The van der Waals surface area contributed by atoms with Gasteiger partial charge in [0.2, 0.25) is 0 Å². The predicted molar refractivity (Wildman–Crippen MR) is 196 cm³/mol. The summed E-state index contributed by atoms with van der Waals surface area (Å²) in [7, 11) is 0. The SMILES string of the molecule is Cc1ccc(N2c3cc4c(cc3B3c5c2cccc5-n2c5ccccc5c5cccc3c52)C(C)(C)c2ccccc2C4(C)C)cc1. The minimum absolute atomic E-state index is 0.124. The highest BCUT2D eigenvalue weighted by atomic mass is 15.2. The molecule has 2 aliphatic heterocycles. The largest absolute Gasteiger partial charge is 0.311 e. The number of aromatic nitrogens is 1. The predicted octanol–water partition coefficient (Wildman–Crippen LogP) is 8.67. The van der Waals surface area contributed by atoms with Crippen molar-refractivity contribution in [2.24, 2.45) is 0 Å². The summed E-state index contributed by atoms with van der Waals surface area (Å²) in [6, 6.07) is 46.2. The lowest BCUT2D eigenvalue weighted by atomic mass is 9.33. The molecule has 0 saturated heterocycles. The molecule has 3 heteroatoms. The number of hydrogen-bond donors (Lipinski definition) is 0. The van der Waals surface area contributed by atoms with Gasteiger partial charge in [-0.3, -0.25) is 0 Å². The lowest BCUT2D eigenvalue weighted by Crippen LogP contribution is -2.61. The highest BCUT2D eigenvalue weighted by Crippen LogP contribution is 2.52. The second-order valence-corrected chi connectivity index (χ2v) is 14.7. The average molecular weight is 591 g/mol. The Morgan fingerprint density at radius 1 is 0.522 bits per heavy atom. The molecule has 0 atom stereocenters. The van der Waals surface area contributed by atoms with E-state index < -0.39 is 0 Å². The first-order valence-corrected chi connectivity index (χ1v) is 16.6. The molecule has 220 valence electrons. The van der Waals surface area contributed by atoms with Gasteiger partial charge in [0.1, 0.15) is 0 Å². The van der Waals surface area contributed by atoms with Crippen LogP contribution in [0.5, 0.6) is 0 Å². The lowest BCUT2D eigenvalue weighted by molar-refractivity contribution is 0.521. The fourth-order valence-corrected chi connectivity index (χ4v) is 9.26. The van der Waals surface area contributed by atoms with Crippen LogP contribution in [-0.2, 0) is 10.8 Å². The summed E-state index contributed by atoms with van der Waals surface area (Å²) >= 11 is 0. The van der Waals surface area contributed by atoms with Crippen molar-refractivity contribution in [2.45, 2.75) is 45.4 Å². The third kappa shape index (κ3) is 3.09. The van der Waals surface area contributed by atoms with E-state index in [1.165, 1.54) is 88.8 Å². The Labute approximate surface area is 271 Å². The van der Waals surface area contributed by atoms with Crippen LogP contribution < -0.4 is 21.3 Å². The number of fused-ring (bicyclic) bond motifs is 9. The van der Waals surface area contributed by atoms with Crippen LogP contribution in [0.4, 0.5) is 17.1 Å². The molecule has 0 spiro atoms. The Morgan fingerprint density at radius 2 is 1.15 bits per heavy atom. The first-order valence-electron chi connectivity index (χ1n) is 16.6. The summed E-state index contributed by atoms with van der Waals surface area (Å²) in [5.74, 6) is 0. The molecule has 1 aliphatic carbocycles. The lowest BCUT2D eigenvalue weighted by Gasteiger charge is -2.47. The van der Waals surface area contributed by atoms with Crippen LogP contribution >= 0.6 is 0 Å². The van der Waals surface area contributed by atoms with Gasteiger partial charge in [0.15, 0.2) is 0 Å². The van der Waals surface area contributed by atoms with Gasteiger partial charge >= 0.3 is 0 Å². The van der Waals surface area contributed by atoms with Gasteiger partial charge in [-0.25, -0.2) is 0 Å². The van der Waals surface area contributed by atoms with Gasteiger partial charge < -0.3 is 9.47 Å².